The molecule has 0 unspecified atom stereocenters. The monoisotopic (exact) mass is 388 g/mol. The first-order chi connectivity index (χ1) is 12.7. The van der Waals surface area contributed by atoms with Crippen LogP contribution < -0.4 is 0 Å². The van der Waals surface area contributed by atoms with Gasteiger partial charge in [0.15, 0.2) is 0 Å². The highest BCUT2D eigenvalue weighted by Gasteiger charge is 2.17. The van der Waals surface area contributed by atoms with E-state index in [-0.39, 0.29) is 17.6 Å². The second kappa shape index (κ2) is 7.27. The second-order valence-corrected chi connectivity index (χ2v) is 6.51. The fourth-order valence-corrected chi connectivity index (χ4v) is 3.22. The lowest BCUT2D eigenvalue weighted by molar-refractivity contribution is 0.445. The predicted octanol–water partition coefficient (Wildman–Crippen LogP) is 4.87. The van der Waals surface area contributed by atoms with Crippen LogP contribution in [0, 0.1) is 5.82 Å². The molecule has 0 saturated heterocycles. The lowest BCUT2D eigenvalue weighted by Crippen LogP contribution is -1.84. The van der Waals surface area contributed by atoms with Crippen molar-refractivity contribution in [2.75, 3.05) is 0 Å². The summed E-state index contributed by atoms with van der Waals surface area (Å²) in [6.45, 7) is 0. The van der Waals surface area contributed by atoms with E-state index in [1.54, 1.807) is 6.07 Å². The van der Waals surface area contributed by atoms with E-state index in [0.29, 0.717) is 21.9 Å². The van der Waals surface area contributed by atoms with Crippen LogP contribution in [-0.4, -0.2) is 20.4 Å². The zero-order chi connectivity index (χ0) is 17.9. The molecule has 9 heteroatoms. The number of hydrogen-bond acceptors (Lipinski definition) is 7. The van der Waals surface area contributed by atoms with E-state index in [1.807, 2.05) is 30.3 Å². The van der Waals surface area contributed by atoms with Crippen molar-refractivity contribution in [3.8, 4) is 23.2 Å². The largest absolute Gasteiger partial charge is 0.412 e. The molecule has 0 aliphatic heterocycles. The van der Waals surface area contributed by atoms with Gasteiger partial charge in [-0.3, -0.25) is 0 Å². The van der Waals surface area contributed by atoms with E-state index >= 15 is 0 Å². The average Bonchev–Trinajstić information content (AvgIpc) is 3.31. The van der Waals surface area contributed by atoms with Crippen molar-refractivity contribution in [1.29, 1.82) is 0 Å². The number of hydrogen-bond donors (Lipinski definition) is 0. The highest BCUT2D eigenvalue weighted by Crippen LogP contribution is 2.29. The Labute approximate surface area is 156 Å². The average molecular weight is 389 g/mol. The molecule has 26 heavy (non-hydrogen) atoms. The summed E-state index contributed by atoms with van der Waals surface area (Å²) in [6.07, 6.45) is 0. The summed E-state index contributed by atoms with van der Waals surface area (Å²) in [5.74, 6) is 0.718. The minimum Gasteiger partial charge on any atom is -0.412 e. The van der Waals surface area contributed by atoms with Gasteiger partial charge in [0.2, 0.25) is 5.89 Å². The zero-order valence-electron chi connectivity index (χ0n) is 13.1. The van der Waals surface area contributed by atoms with E-state index in [4.69, 9.17) is 20.4 Å². The van der Waals surface area contributed by atoms with Crippen LogP contribution in [0.4, 0.5) is 4.39 Å². The fourth-order valence-electron chi connectivity index (χ4n) is 2.14. The van der Waals surface area contributed by atoms with Crippen molar-refractivity contribution in [3.63, 3.8) is 0 Å². The van der Waals surface area contributed by atoms with Gasteiger partial charge < -0.3 is 8.83 Å². The summed E-state index contributed by atoms with van der Waals surface area (Å²) < 4.78 is 24.2. The summed E-state index contributed by atoms with van der Waals surface area (Å²) in [7, 11) is 0. The summed E-state index contributed by atoms with van der Waals surface area (Å²) in [4.78, 5) is 0. The molecule has 2 heterocycles. The lowest BCUT2D eigenvalue weighted by Gasteiger charge is -2.01. The van der Waals surface area contributed by atoms with E-state index in [9.17, 15) is 4.39 Å². The molecule has 0 atom stereocenters. The van der Waals surface area contributed by atoms with Gasteiger partial charge in [-0.05, 0) is 29.8 Å². The molecule has 0 fully saturated rings. The third-order valence-corrected chi connectivity index (χ3v) is 4.62. The molecule has 0 amide bonds. The van der Waals surface area contributed by atoms with Gasteiger partial charge in [0.1, 0.15) is 5.82 Å². The molecular weight excluding hydrogens is 379 g/mol. The quantitative estimate of drug-likeness (QED) is 0.451. The smallest absolute Gasteiger partial charge is 0.306 e. The van der Waals surface area contributed by atoms with Crippen molar-refractivity contribution in [2.45, 2.75) is 11.0 Å². The maximum atomic E-state index is 13.1. The molecule has 130 valence electrons. The van der Waals surface area contributed by atoms with Gasteiger partial charge in [-0.1, -0.05) is 47.6 Å². The third kappa shape index (κ3) is 3.61. The van der Waals surface area contributed by atoms with Crippen LogP contribution in [0.1, 0.15) is 5.56 Å². The Morgan fingerprint density at radius 1 is 0.885 bits per heavy atom. The summed E-state index contributed by atoms with van der Waals surface area (Å²) in [6, 6.07) is 13.6. The molecular formula is C17H10ClFN4O2S. The number of benzene rings is 2. The predicted molar refractivity (Wildman–Crippen MR) is 94.0 cm³/mol. The summed E-state index contributed by atoms with van der Waals surface area (Å²) in [5, 5.41) is 16.4. The standard InChI is InChI=1S/C17H10ClFN4O2S/c18-13-8-12(19)7-6-11(13)9-26-17-23-22-16(25-17)15-21-20-14(24-15)10-4-2-1-3-5-10/h1-8H,9H2. The van der Waals surface area contributed by atoms with Crippen molar-refractivity contribution in [2.24, 2.45) is 0 Å². The molecule has 6 nitrogen and oxygen atoms in total. The zero-order valence-corrected chi connectivity index (χ0v) is 14.7. The molecule has 4 rings (SSSR count). The van der Waals surface area contributed by atoms with Crippen LogP contribution in [0.2, 0.25) is 5.02 Å². The first-order valence-electron chi connectivity index (χ1n) is 7.48. The van der Waals surface area contributed by atoms with Crippen molar-refractivity contribution in [3.05, 3.63) is 64.9 Å². The summed E-state index contributed by atoms with van der Waals surface area (Å²) in [5.41, 5.74) is 1.56. The van der Waals surface area contributed by atoms with E-state index in [1.165, 1.54) is 23.9 Å². The van der Waals surface area contributed by atoms with Gasteiger partial charge in [-0.15, -0.1) is 20.4 Å². The molecule has 0 aliphatic carbocycles. The van der Waals surface area contributed by atoms with Crippen molar-refractivity contribution >= 4 is 23.4 Å². The second-order valence-electron chi connectivity index (χ2n) is 5.18. The molecule has 0 radical (unpaired) electrons. The maximum Gasteiger partial charge on any atom is 0.306 e. The highest BCUT2D eigenvalue weighted by atomic mass is 35.5. The number of aromatic nitrogens is 4. The first-order valence-corrected chi connectivity index (χ1v) is 8.85. The molecule has 2 aromatic carbocycles. The van der Waals surface area contributed by atoms with Crippen LogP contribution in [0.25, 0.3) is 23.2 Å². The fraction of sp³-hybridized carbons (Fsp3) is 0.0588. The molecule has 0 aliphatic rings. The van der Waals surface area contributed by atoms with Gasteiger partial charge in [-0.25, -0.2) is 4.39 Å². The number of halogens is 2. The Hall–Kier alpha value is -2.71. The van der Waals surface area contributed by atoms with Gasteiger partial charge in [0.05, 0.1) is 0 Å². The van der Waals surface area contributed by atoms with Gasteiger partial charge in [-0.2, -0.15) is 0 Å². The van der Waals surface area contributed by atoms with Crippen LogP contribution in [0.5, 0.6) is 0 Å². The van der Waals surface area contributed by atoms with Gasteiger partial charge in [0.25, 0.3) is 5.22 Å². The number of nitrogens with zero attached hydrogens (tertiary/aromatic N) is 4. The molecule has 0 saturated carbocycles. The first kappa shape index (κ1) is 16.7. The highest BCUT2D eigenvalue weighted by molar-refractivity contribution is 7.98. The Morgan fingerprint density at radius 2 is 1.62 bits per heavy atom. The van der Waals surface area contributed by atoms with Gasteiger partial charge >= 0.3 is 11.8 Å². The minimum atomic E-state index is -0.380. The van der Waals surface area contributed by atoms with E-state index < -0.39 is 0 Å². The Morgan fingerprint density at radius 3 is 2.42 bits per heavy atom. The molecule has 0 N–H and O–H groups in total. The van der Waals surface area contributed by atoms with Crippen molar-refractivity contribution < 1.29 is 13.2 Å². The number of rotatable bonds is 5. The van der Waals surface area contributed by atoms with Crippen LogP contribution >= 0.6 is 23.4 Å². The SMILES string of the molecule is Fc1ccc(CSc2nnc(-c3nnc(-c4ccccc4)o3)o2)c(Cl)c1. The normalized spacial score (nSPS) is 11.0. The van der Waals surface area contributed by atoms with Crippen LogP contribution in [-0.2, 0) is 5.75 Å². The summed E-state index contributed by atoms with van der Waals surface area (Å²) >= 11 is 7.28. The van der Waals surface area contributed by atoms with Crippen molar-refractivity contribution in [1.82, 2.24) is 20.4 Å². The van der Waals surface area contributed by atoms with E-state index in [2.05, 4.69) is 20.4 Å². The Balaban J connectivity index is 1.47. The molecule has 0 bridgehead atoms. The molecule has 4 aromatic rings. The Kier molecular flexibility index (Phi) is 4.68. The third-order valence-electron chi connectivity index (χ3n) is 3.40. The molecule has 0 spiro atoms. The van der Waals surface area contributed by atoms with E-state index in [0.717, 1.165) is 11.1 Å². The van der Waals surface area contributed by atoms with Crippen LogP contribution in [0.15, 0.2) is 62.6 Å². The minimum absolute atomic E-state index is 0.132. The Bertz CT molecular complexity index is 1040. The lowest BCUT2D eigenvalue weighted by atomic mass is 10.2. The van der Waals surface area contributed by atoms with Gasteiger partial charge in [0, 0.05) is 16.3 Å². The van der Waals surface area contributed by atoms with Crippen LogP contribution in [0.3, 0.4) is 0 Å². The maximum absolute atomic E-state index is 13.1. The number of thioether (sulfide) groups is 1. The molecule has 2 aromatic heterocycles. The topological polar surface area (TPSA) is 77.8 Å².